The average Bonchev–Trinajstić information content (AvgIpc) is 3.02. The summed E-state index contributed by atoms with van der Waals surface area (Å²) in [6.45, 7) is -0.0309. The first-order valence-corrected chi connectivity index (χ1v) is 13.2. The normalized spacial score (nSPS) is 12.5. The predicted octanol–water partition coefficient (Wildman–Crippen LogP) is 6.81. The van der Waals surface area contributed by atoms with Crippen LogP contribution in [0, 0.1) is 0 Å². The number of hydrogen-bond donors (Lipinski definition) is 0. The summed E-state index contributed by atoms with van der Waals surface area (Å²) in [5.41, 5.74) is 10.2. The van der Waals surface area contributed by atoms with Gasteiger partial charge in [-0.2, -0.15) is 0 Å². The van der Waals surface area contributed by atoms with Crippen LogP contribution in [-0.4, -0.2) is 11.7 Å². The van der Waals surface area contributed by atoms with E-state index in [-0.39, 0.29) is 6.71 Å². The zero-order chi connectivity index (χ0) is 25.8. The molecule has 0 atom stereocenters. The summed E-state index contributed by atoms with van der Waals surface area (Å²) in [6.07, 6.45) is 3.64. The summed E-state index contributed by atoms with van der Waals surface area (Å²) < 4.78 is 13.3. The number of ether oxygens (including phenoxy) is 2. The van der Waals surface area contributed by atoms with E-state index in [1.54, 1.807) is 0 Å². The third kappa shape index (κ3) is 3.57. The zero-order valence-electron chi connectivity index (χ0n) is 21.0. The third-order valence-corrected chi connectivity index (χ3v) is 7.72. The molecule has 2 aliphatic heterocycles. The van der Waals surface area contributed by atoms with Gasteiger partial charge >= 0.3 is 0 Å². The lowest BCUT2D eigenvalue weighted by molar-refractivity contribution is 0.465. The van der Waals surface area contributed by atoms with Crippen molar-refractivity contribution in [2.75, 3.05) is 0 Å². The fourth-order valence-electron chi connectivity index (χ4n) is 5.87. The monoisotopic (exact) mass is 499 g/mol. The van der Waals surface area contributed by atoms with Crippen molar-refractivity contribution < 1.29 is 9.47 Å². The molecular formula is C35H22BNO2. The van der Waals surface area contributed by atoms with E-state index in [2.05, 4.69) is 102 Å². The van der Waals surface area contributed by atoms with Crippen molar-refractivity contribution in [3.05, 3.63) is 134 Å². The van der Waals surface area contributed by atoms with Gasteiger partial charge in [0.15, 0.2) is 0 Å². The van der Waals surface area contributed by atoms with Gasteiger partial charge in [0.1, 0.15) is 23.0 Å². The summed E-state index contributed by atoms with van der Waals surface area (Å²) in [5, 5.41) is 0. The Balaban J connectivity index is 1.38. The Morgan fingerprint density at radius 3 is 1.64 bits per heavy atom. The Labute approximate surface area is 227 Å². The fraction of sp³-hybridized carbons (Fsp3) is 0. The number of aromatic nitrogens is 1. The van der Waals surface area contributed by atoms with Gasteiger partial charge in [-0.25, -0.2) is 0 Å². The largest absolute Gasteiger partial charge is 0.458 e. The van der Waals surface area contributed by atoms with Crippen molar-refractivity contribution in [1.82, 2.24) is 4.98 Å². The molecule has 1 aromatic heterocycles. The van der Waals surface area contributed by atoms with Crippen molar-refractivity contribution in [1.29, 1.82) is 0 Å². The van der Waals surface area contributed by atoms with Gasteiger partial charge in [0, 0.05) is 23.4 Å². The summed E-state index contributed by atoms with van der Waals surface area (Å²) in [5.74, 6) is 3.44. The first kappa shape index (κ1) is 21.9. The van der Waals surface area contributed by atoms with Crippen molar-refractivity contribution in [3.63, 3.8) is 0 Å². The van der Waals surface area contributed by atoms with Crippen molar-refractivity contribution >= 4 is 23.1 Å². The minimum Gasteiger partial charge on any atom is -0.458 e. The summed E-state index contributed by atoms with van der Waals surface area (Å²) >= 11 is 0. The van der Waals surface area contributed by atoms with E-state index >= 15 is 0 Å². The van der Waals surface area contributed by atoms with Crippen LogP contribution in [-0.2, 0) is 0 Å². The van der Waals surface area contributed by atoms with Crippen LogP contribution in [0.5, 0.6) is 23.0 Å². The molecule has 6 aromatic rings. The maximum Gasteiger partial charge on any atom is 0.260 e. The first-order valence-electron chi connectivity index (χ1n) is 13.2. The molecular weight excluding hydrogens is 477 g/mol. The van der Waals surface area contributed by atoms with Crippen LogP contribution in [0.3, 0.4) is 0 Å². The van der Waals surface area contributed by atoms with Crippen molar-refractivity contribution in [2.24, 2.45) is 0 Å². The number of pyridine rings is 1. The minimum atomic E-state index is -0.0309. The Kier molecular flexibility index (Phi) is 4.92. The Morgan fingerprint density at radius 1 is 0.462 bits per heavy atom. The maximum absolute atomic E-state index is 6.73. The standard InChI is InChI=1S/C35H22BNO2/c1-3-7-23(8-4-1)26-11-14-31-29(21-26)36-30-22-27(24-9-5-2-6-10-24)12-15-32(30)39-35-28(25-17-19-37-20-18-25)13-16-33(38-31)34(35)36/h1-22H. The molecule has 0 saturated heterocycles. The van der Waals surface area contributed by atoms with Crippen molar-refractivity contribution in [2.45, 2.75) is 0 Å². The summed E-state index contributed by atoms with van der Waals surface area (Å²) in [6, 6.07) is 42.3. The van der Waals surface area contributed by atoms with Crippen LogP contribution in [0.25, 0.3) is 33.4 Å². The molecule has 0 radical (unpaired) electrons. The Bertz CT molecular complexity index is 1800. The van der Waals surface area contributed by atoms with E-state index in [4.69, 9.17) is 9.47 Å². The van der Waals surface area contributed by atoms with E-state index in [0.29, 0.717) is 0 Å². The first-order chi connectivity index (χ1) is 19.3. The number of benzene rings is 5. The maximum atomic E-state index is 6.73. The van der Waals surface area contributed by atoms with Crippen molar-refractivity contribution in [3.8, 4) is 56.4 Å². The average molecular weight is 499 g/mol. The lowest BCUT2D eigenvalue weighted by Gasteiger charge is -2.34. The highest BCUT2D eigenvalue weighted by Crippen LogP contribution is 2.41. The van der Waals surface area contributed by atoms with E-state index in [1.807, 2.05) is 36.7 Å². The molecule has 0 spiro atoms. The molecule has 0 amide bonds. The summed E-state index contributed by atoms with van der Waals surface area (Å²) in [7, 11) is 0. The lowest BCUT2D eigenvalue weighted by Crippen LogP contribution is -2.57. The lowest BCUT2D eigenvalue weighted by atomic mass is 9.34. The molecule has 0 bridgehead atoms. The van der Waals surface area contributed by atoms with E-state index in [1.165, 1.54) is 22.3 Å². The molecule has 2 aliphatic rings. The van der Waals surface area contributed by atoms with Crippen LogP contribution in [0.15, 0.2) is 134 Å². The summed E-state index contributed by atoms with van der Waals surface area (Å²) in [4.78, 5) is 4.22. The molecule has 3 heterocycles. The topological polar surface area (TPSA) is 31.4 Å². The predicted molar refractivity (Wildman–Crippen MR) is 158 cm³/mol. The Morgan fingerprint density at radius 2 is 1.03 bits per heavy atom. The van der Waals surface area contributed by atoms with Gasteiger partial charge in [0.2, 0.25) is 0 Å². The van der Waals surface area contributed by atoms with Gasteiger partial charge < -0.3 is 9.47 Å². The van der Waals surface area contributed by atoms with Gasteiger partial charge in [-0.15, -0.1) is 0 Å². The van der Waals surface area contributed by atoms with Gasteiger partial charge in [0.25, 0.3) is 6.71 Å². The second-order valence-corrected chi connectivity index (χ2v) is 9.96. The molecule has 0 saturated carbocycles. The highest BCUT2D eigenvalue weighted by atomic mass is 16.5. The molecule has 0 aliphatic carbocycles. The smallest absolute Gasteiger partial charge is 0.260 e. The van der Waals surface area contributed by atoms with Gasteiger partial charge in [-0.05, 0) is 75.1 Å². The van der Waals surface area contributed by atoms with Crippen LogP contribution in [0.2, 0.25) is 0 Å². The molecule has 0 unspecified atom stereocenters. The fourth-order valence-corrected chi connectivity index (χ4v) is 5.87. The zero-order valence-corrected chi connectivity index (χ0v) is 21.0. The van der Waals surface area contributed by atoms with Crippen LogP contribution < -0.4 is 25.9 Å². The van der Waals surface area contributed by atoms with Gasteiger partial charge in [-0.1, -0.05) is 84.9 Å². The highest BCUT2D eigenvalue weighted by Gasteiger charge is 2.41. The van der Waals surface area contributed by atoms with E-state index in [9.17, 15) is 0 Å². The molecule has 0 fully saturated rings. The van der Waals surface area contributed by atoms with E-state index < -0.39 is 0 Å². The number of fused-ring (bicyclic) bond motifs is 4. The highest BCUT2D eigenvalue weighted by molar-refractivity contribution is 6.98. The van der Waals surface area contributed by atoms with Crippen LogP contribution >= 0.6 is 0 Å². The molecule has 182 valence electrons. The number of hydrogen-bond acceptors (Lipinski definition) is 3. The Hall–Kier alpha value is -5.09. The second kappa shape index (κ2) is 8.75. The second-order valence-electron chi connectivity index (χ2n) is 9.96. The van der Waals surface area contributed by atoms with Crippen LogP contribution in [0.1, 0.15) is 0 Å². The molecule has 4 heteroatoms. The molecule has 3 nitrogen and oxygen atoms in total. The number of rotatable bonds is 3. The van der Waals surface area contributed by atoms with Gasteiger partial charge in [-0.3, -0.25) is 4.98 Å². The van der Waals surface area contributed by atoms with Crippen LogP contribution in [0.4, 0.5) is 0 Å². The molecule has 0 N–H and O–H groups in total. The quantitative estimate of drug-likeness (QED) is 0.250. The third-order valence-electron chi connectivity index (χ3n) is 7.72. The number of nitrogens with zero attached hydrogens (tertiary/aromatic N) is 1. The minimum absolute atomic E-state index is 0.0309. The SMILES string of the molecule is c1ccc(-c2ccc3c(c2)B2c4cc(-c5ccccc5)ccc4Oc4c(-c5ccncc5)ccc(c42)O3)cc1. The molecule has 5 aromatic carbocycles. The van der Waals surface area contributed by atoms with E-state index in [0.717, 1.165) is 50.5 Å². The molecule has 39 heavy (non-hydrogen) atoms. The molecule has 8 rings (SSSR count). The van der Waals surface area contributed by atoms with Gasteiger partial charge in [0.05, 0.1) is 0 Å².